The maximum absolute atomic E-state index is 12.5. The van der Waals surface area contributed by atoms with Gasteiger partial charge in [0.15, 0.2) is 18.1 Å². The molecule has 0 aliphatic heterocycles. The number of halogens is 1. The average Bonchev–Trinajstić information content (AvgIpc) is 2.87. The largest absolute Gasteiger partial charge is 0.497 e. The Balaban J connectivity index is 1.71. The van der Waals surface area contributed by atoms with Crippen molar-refractivity contribution in [2.45, 2.75) is 0 Å². The average molecular weight is 492 g/mol. The number of methoxy groups -OCH3 is 2. The molecule has 178 valence electrons. The summed E-state index contributed by atoms with van der Waals surface area (Å²) in [4.78, 5) is 24.8. The Bertz CT molecular complexity index is 1270. The maximum Gasteiger partial charge on any atom is 0.266 e. The molecule has 0 aromatic heterocycles. The van der Waals surface area contributed by atoms with Crippen LogP contribution in [-0.2, 0) is 9.59 Å². The minimum Gasteiger partial charge on any atom is -0.497 e. The summed E-state index contributed by atoms with van der Waals surface area (Å²) < 4.78 is 16.0. The van der Waals surface area contributed by atoms with E-state index in [1.54, 1.807) is 61.7 Å². The summed E-state index contributed by atoms with van der Waals surface area (Å²) in [5, 5.41) is 15.0. The fourth-order valence-electron chi connectivity index (χ4n) is 3.01. The SMILES string of the molecule is COc1ccc(NC(=O)COc2c(Cl)cc(C=C(C#N)C(=O)Nc3ccccc3)cc2OC)cc1. The quantitative estimate of drug-likeness (QED) is 0.325. The summed E-state index contributed by atoms with van der Waals surface area (Å²) in [6.45, 7) is -0.319. The van der Waals surface area contributed by atoms with Gasteiger partial charge in [0.2, 0.25) is 0 Å². The number of para-hydroxylation sites is 1. The molecular weight excluding hydrogens is 470 g/mol. The second-order valence-corrected chi connectivity index (χ2v) is 7.50. The van der Waals surface area contributed by atoms with Crippen LogP contribution in [0.1, 0.15) is 5.56 Å². The highest BCUT2D eigenvalue weighted by Crippen LogP contribution is 2.37. The van der Waals surface area contributed by atoms with E-state index in [2.05, 4.69) is 10.6 Å². The standard InChI is InChI=1S/C26H22ClN3O5/c1-33-21-10-8-20(9-11-21)29-24(31)16-35-25-22(27)13-17(14-23(25)34-2)12-18(15-28)26(32)30-19-6-4-3-5-7-19/h3-14H,16H2,1-2H3,(H,29,31)(H,30,32). The molecule has 2 amide bonds. The first kappa shape index (κ1) is 25.1. The van der Waals surface area contributed by atoms with Crippen LogP contribution >= 0.6 is 11.6 Å². The van der Waals surface area contributed by atoms with Crippen molar-refractivity contribution in [3.63, 3.8) is 0 Å². The third-order valence-corrected chi connectivity index (χ3v) is 4.96. The number of hydrogen-bond donors (Lipinski definition) is 2. The van der Waals surface area contributed by atoms with Crippen molar-refractivity contribution < 1.29 is 23.8 Å². The van der Waals surface area contributed by atoms with Crippen LogP contribution in [0.15, 0.2) is 72.3 Å². The first-order valence-corrected chi connectivity index (χ1v) is 10.7. The molecule has 9 heteroatoms. The summed E-state index contributed by atoms with van der Waals surface area (Å²) in [6.07, 6.45) is 1.38. The van der Waals surface area contributed by atoms with Crippen LogP contribution in [0.4, 0.5) is 11.4 Å². The molecule has 2 N–H and O–H groups in total. The molecule has 0 fully saturated rings. The number of amides is 2. The molecule has 3 aromatic rings. The van der Waals surface area contributed by atoms with E-state index in [4.69, 9.17) is 25.8 Å². The Hall–Kier alpha value is -4.48. The second-order valence-electron chi connectivity index (χ2n) is 7.09. The van der Waals surface area contributed by atoms with Gasteiger partial charge < -0.3 is 24.8 Å². The minimum atomic E-state index is -0.565. The molecule has 0 aliphatic rings. The number of carbonyl (C=O) groups excluding carboxylic acids is 2. The predicted molar refractivity (Wildman–Crippen MR) is 134 cm³/mol. The van der Waals surface area contributed by atoms with Gasteiger partial charge in [0.25, 0.3) is 11.8 Å². The second kappa shape index (κ2) is 12.1. The topological polar surface area (TPSA) is 110 Å². The summed E-state index contributed by atoms with van der Waals surface area (Å²) in [5.41, 5.74) is 1.46. The molecule has 0 radical (unpaired) electrons. The molecule has 3 aromatic carbocycles. The third-order valence-electron chi connectivity index (χ3n) is 4.68. The molecule has 35 heavy (non-hydrogen) atoms. The lowest BCUT2D eigenvalue weighted by Gasteiger charge is -2.14. The highest BCUT2D eigenvalue weighted by Gasteiger charge is 2.16. The van der Waals surface area contributed by atoms with E-state index in [0.717, 1.165) is 0 Å². The van der Waals surface area contributed by atoms with Gasteiger partial charge in [-0.25, -0.2) is 0 Å². The molecule has 8 nitrogen and oxygen atoms in total. The lowest BCUT2D eigenvalue weighted by molar-refractivity contribution is -0.118. The Morgan fingerprint density at radius 2 is 1.66 bits per heavy atom. The number of carbonyl (C=O) groups is 2. The van der Waals surface area contributed by atoms with Crippen LogP contribution in [0.25, 0.3) is 6.08 Å². The van der Waals surface area contributed by atoms with Gasteiger partial charge in [-0.2, -0.15) is 5.26 Å². The lowest BCUT2D eigenvalue weighted by atomic mass is 10.1. The molecule has 0 bridgehead atoms. The smallest absolute Gasteiger partial charge is 0.266 e. The van der Waals surface area contributed by atoms with Gasteiger partial charge in [-0.1, -0.05) is 29.8 Å². The summed E-state index contributed by atoms with van der Waals surface area (Å²) in [7, 11) is 2.97. The van der Waals surface area contributed by atoms with Crippen LogP contribution < -0.4 is 24.8 Å². The number of nitrogens with one attached hydrogen (secondary N) is 2. The van der Waals surface area contributed by atoms with E-state index in [-0.39, 0.29) is 28.7 Å². The number of rotatable bonds is 9. The predicted octanol–water partition coefficient (Wildman–Crippen LogP) is 4.92. The summed E-state index contributed by atoms with van der Waals surface area (Å²) in [6, 6.07) is 20.6. The lowest BCUT2D eigenvalue weighted by Crippen LogP contribution is -2.20. The normalized spacial score (nSPS) is 10.6. The van der Waals surface area contributed by atoms with E-state index in [0.29, 0.717) is 22.7 Å². The van der Waals surface area contributed by atoms with Crippen molar-refractivity contribution >= 4 is 40.9 Å². The molecule has 0 spiro atoms. The minimum absolute atomic E-state index is 0.125. The van der Waals surface area contributed by atoms with Crippen LogP contribution in [0.5, 0.6) is 17.2 Å². The number of hydrogen-bond acceptors (Lipinski definition) is 6. The highest BCUT2D eigenvalue weighted by atomic mass is 35.5. The third kappa shape index (κ3) is 7.00. The van der Waals surface area contributed by atoms with Crippen molar-refractivity contribution in [2.75, 3.05) is 31.5 Å². The molecule has 0 saturated carbocycles. The fourth-order valence-corrected chi connectivity index (χ4v) is 3.28. The number of benzene rings is 3. The Morgan fingerprint density at radius 1 is 0.971 bits per heavy atom. The maximum atomic E-state index is 12.5. The first-order valence-electron chi connectivity index (χ1n) is 10.4. The number of nitrogens with zero attached hydrogens (tertiary/aromatic N) is 1. The van der Waals surface area contributed by atoms with Crippen LogP contribution in [0, 0.1) is 11.3 Å². The van der Waals surface area contributed by atoms with Crippen LogP contribution in [-0.4, -0.2) is 32.6 Å². The van der Waals surface area contributed by atoms with E-state index in [1.807, 2.05) is 12.1 Å². The van der Waals surface area contributed by atoms with Gasteiger partial charge in [0, 0.05) is 11.4 Å². The fraction of sp³-hybridized carbons (Fsp3) is 0.115. The van der Waals surface area contributed by atoms with Crippen molar-refractivity contribution in [3.05, 3.63) is 82.9 Å². The Morgan fingerprint density at radius 3 is 2.29 bits per heavy atom. The number of ether oxygens (including phenoxy) is 3. The summed E-state index contributed by atoms with van der Waals surface area (Å²) >= 11 is 6.36. The van der Waals surface area contributed by atoms with Crippen molar-refractivity contribution in [1.82, 2.24) is 0 Å². The molecule has 0 unspecified atom stereocenters. The van der Waals surface area contributed by atoms with Gasteiger partial charge in [0.1, 0.15) is 17.4 Å². The highest BCUT2D eigenvalue weighted by molar-refractivity contribution is 6.32. The van der Waals surface area contributed by atoms with Gasteiger partial charge in [-0.15, -0.1) is 0 Å². The van der Waals surface area contributed by atoms with Gasteiger partial charge >= 0.3 is 0 Å². The molecule has 0 saturated heterocycles. The van der Waals surface area contributed by atoms with Crippen LogP contribution in [0.3, 0.4) is 0 Å². The van der Waals surface area contributed by atoms with Crippen LogP contribution in [0.2, 0.25) is 5.02 Å². The first-order chi connectivity index (χ1) is 16.9. The molecule has 3 rings (SSSR count). The van der Waals surface area contributed by atoms with Gasteiger partial charge in [-0.05, 0) is 60.2 Å². The Labute approximate surface area is 207 Å². The number of anilines is 2. The van der Waals surface area contributed by atoms with Crippen molar-refractivity contribution in [2.24, 2.45) is 0 Å². The van der Waals surface area contributed by atoms with Crippen molar-refractivity contribution in [1.29, 1.82) is 5.26 Å². The molecule has 0 atom stereocenters. The van der Waals surface area contributed by atoms with Crippen molar-refractivity contribution in [3.8, 4) is 23.3 Å². The zero-order valence-electron chi connectivity index (χ0n) is 19.0. The zero-order chi connectivity index (χ0) is 25.2. The zero-order valence-corrected chi connectivity index (χ0v) is 19.8. The summed E-state index contributed by atoms with van der Waals surface area (Å²) in [5.74, 6) is 0.0955. The van der Waals surface area contributed by atoms with E-state index < -0.39 is 11.8 Å². The van der Waals surface area contributed by atoms with E-state index >= 15 is 0 Å². The molecule has 0 aliphatic carbocycles. The van der Waals surface area contributed by atoms with Gasteiger partial charge in [-0.3, -0.25) is 9.59 Å². The van der Waals surface area contributed by atoms with E-state index in [9.17, 15) is 14.9 Å². The monoisotopic (exact) mass is 491 g/mol. The number of nitriles is 1. The molecular formula is C26H22ClN3O5. The molecule has 0 heterocycles. The van der Waals surface area contributed by atoms with E-state index in [1.165, 1.54) is 19.3 Å². The Kier molecular flexibility index (Phi) is 8.70. The van der Waals surface area contributed by atoms with Gasteiger partial charge in [0.05, 0.1) is 19.2 Å².